The van der Waals surface area contributed by atoms with Crippen molar-refractivity contribution in [2.24, 2.45) is 0 Å². The van der Waals surface area contributed by atoms with Gasteiger partial charge in [0.15, 0.2) is 0 Å². The largest absolute Gasteiger partial charge is 0.397 e. The zero-order valence-corrected chi connectivity index (χ0v) is 6.89. The van der Waals surface area contributed by atoms with Crippen LogP contribution in [0.4, 0.5) is 13.2 Å². The van der Waals surface area contributed by atoms with Gasteiger partial charge in [-0.05, 0) is 12.8 Å². The van der Waals surface area contributed by atoms with Gasteiger partial charge in [-0.1, -0.05) is 12.8 Å². The average molecular weight is 183 g/mol. The predicted molar refractivity (Wildman–Crippen MR) is 40.2 cm³/mol. The number of thioether (sulfide) groups is 1. The minimum atomic E-state index is -4.00. The number of alkyl halides is 3. The van der Waals surface area contributed by atoms with E-state index in [2.05, 4.69) is 0 Å². The molecule has 65 valence electrons. The zero-order chi connectivity index (χ0) is 8.32. The highest BCUT2D eigenvalue weighted by Crippen LogP contribution is 2.39. The fraction of sp³-hybridized carbons (Fsp3) is 0.857. The molecule has 0 unspecified atom stereocenters. The van der Waals surface area contributed by atoms with E-state index in [1.54, 1.807) is 0 Å². The third kappa shape index (κ3) is 3.89. The fourth-order valence-electron chi connectivity index (χ4n) is 1.10. The maximum Gasteiger partial charge on any atom is 0.397 e. The van der Waals surface area contributed by atoms with Crippen molar-refractivity contribution in [3.63, 3.8) is 0 Å². The average Bonchev–Trinajstić information content (AvgIpc) is 2.32. The molecule has 1 fully saturated rings. The van der Waals surface area contributed by atoms with Crippen LogP contribution in [0.5, 0.6) is 0 Å². The van der Waals surface area contributed by atoms with Crippen molar-refractivity contribution < 1.29 is 13.2 Å². The molecule has 11 heavy (non-hydrogen) atoms. The number of rotatable bonds is 2. The Morgan fingerprint density at radius 1 is 1.18 bits per heavy atom. The lowest BCUT2D eigenvalue weighted by Gasteiger charge is -2.09. The summed E-state index contributed by atoms with van der Waals surface area (Å²) in [4.78, 5) is 0. The highest BCUT2D eigenvalue weighted by Gasteiger charge is 2.29. The highest BCUT2D eigenvalue weighted by molar-refractivity contribution is 8.02. The molecule has 0 bridgehead atoms. The molecule has 0 aliphatic heterocycles. The van der Waals surface area contributed by atoms with Crippen LogP contribution in [0.25, 0.3) is 0 Å². The molecule has 0 aromatic carbocycles. The van der Waals surface area contributed by atoms with Gasteiger partial charge in [0.1, 0.15) is 0 Å². The van der Waals surface area contributed by atoms with Crippen molar-refractivity contribution in [2.75, 3.05) is 5.75 Å². The monoisotopic (exact) mass is 183 g/mol. The molecule has 0 nitrogen and oxygen atoms in total. The second-order valence-electron chi connectivity index (χ2n) is 2.65. The lowest BCUT2D eigenvalue weighted by atomic mass is 10.4. The molecule has 0 N–H and O–H groups in total. The summed E-state index contributed by atoms with van der Waals surface area (Å²) < 4.78 is 35.0. The van der Waals surface area contributed by atoms with Crippen molar-refractivity contribution in [1.29, 1.82) is 0 Å². The molecule has 1 radical (unpaired) electrons. The summed E-state index contributed by atoms with van der Waals surface area (Å²) in [5, 5.41) is 1.03. The topological polar surface area (TPSA) is 0 Å². The second kappa shape index (κ2) is 3.70. The van der Waals surface area contributed by atoms with Crippen LogP contribution in [-0.2, 0) is 0 Å². The summed E-state index contributed by atoms with van der Waals surface area (Å²) in [5.41, 5.74) is 0. The molecule has 0 aromatic heterocycles. The van der Waals surface area contributed by atoms with Crippen LogP contribution >= 0.6 is 11.8 Å². The summed E-state index contributed by atoms with van der Waals surface area (Å²) >= 11 is 0.983. The minimum absolute atomic E-state index is 0.706. The summed E-state index contributed by atoms with van der Waals surface area (Å²) in [6.45, 7) is 0. The Labute approximate surface area is 68.5 Å². The molecule has 0 spiro atoms. The van der Waals surface area contributed by atoms with Gasteiger partial charge in [-0.15, -0.1) is 11.8 Å². The lowest BCUT2D eigenvalue weighted by Crippen LogP contribution is -2.11. The first-order valence-electron chi connectivity index (χ1n) is 3.62. The molecule has 1 rings (SSSR count). The van der Waals surface area contributed by atoms with Crippen LogP contribution in [0.1, 0.15) is 25.7 Å². The molecule has 0 saturated heterocycles. The van der Waals surface area contributed by atoms with Gasteiger partial charge in [0.25, 0.3) is 0 Å². The van der Waals surface area contributed by atoms with Crippen molar-refractivity contribution in [3.05, 3.63) is 5.25 Å². The Kier molecular flexibility index (Phi) is 3.10. The molecule has 4 heteroatoms. The van der Waals surface area contributed by atoms with Crippen LogP contribution in [0, 0.1) is 5.25 Å². The third-order valence-corrected chi connectivity index (χ3v) is 2.89. The van der Waals surface area contributed by atoms with Crippen LogP contribution in [0.15, 0.2) is 0 Å². The van der Waals surface area contributed by atoms with Crippen LogP contribution < -0.4 is 0 Å². The van der Waals surface area contributed by atoms with E-state index in [0.717, 1.165) is 42.7 Å². The van der Waals surface area contributed by atoms with Gasteiger partial charge < -0.3 is 0 Å². The molecule has 0 amide bonds. The van der Waals surface area contributed by atoms with Gasteiger partial charge in [0.05, 0.1) is 5.75 Å². The minimum Gasteiger partial charge on any atom is -0.170 e. The van der Waals surface area contributed by atoms with Crippen molar-refractivity contribution in [2.45, 2.75) is 31.9 Å². The number of hydrogen-bond donors (Lipinski definition) is 0. The molecular formula is C7H10F3S. The van der Waals surface area contributed by atoms with E-state index in [9.17, 15) is 13.2 Å². The van der Waals surface area contributed by atoms with E-state index in [1.165, 1.54) is 0 Å². The smallest absolute Gasteiger partial charge is 0.170 e. The summed E-state index contributed by atoms with van der Waals surface area (Å²) in [5.74, 6) is -0.706. The van der Waals surface area contributed by atoms with Crippen LogP contribution in [-0.4, -0.2) is 11.9 Å². The van der Waals surface area contributed by atoms with E-state index in [4.69, 9.17) is 0 Å². The van der Waals surface area contributed by atoms with Crippen molar-refractivity contribution in [3.8, 4) is 0 Å². The van der Waals surface area contributed by atoms with Crippen LogP contribution in [0.2, 0.25) is 0 Å². The van der Waals surface area contributed by atoms with Crippen molar-refractivity contribution >= 4 is 11.8 Å². The standard InChI is InChI=1S/C7H10F3S/c8-7(9,10)5-11-6-3-1-2-4-6/h1-5H2. The van der Waals surface area contributed by atoms with Gasteiger partial charge in [0.2, 0.25) is 0 Å². The molecule has 0 aromatic rings. The van der Waals surface area contributed by atoms with E-state index < -0.39 is 11.9 Å². The van der Waals surface area contributed by atoms with Crippen LogP contribution in [0.3, 0.4) is 0 Å². The van der Waals surface area contributed by atoms with Crippen molar-refractivity contribution in [1.82, 2.24) is 0 Å². The maximum atomic E-state index is 11.7. The molecule has 0 atom stereocenters. The van der Waals surface area contributed by atoms with Gasteiger partial charge >= 0.3 is 6.18 Å². The SMILES string of the molecule is FC(F)(F)CS[C]1CCCC1. The summed E-state index contributed by atoms with van der Waals surface area (Å²) in [7, 11) is 0. The Hall–Kier alpha value is 0.140. The van der Waals surface area contributed by atoms with E-state index in [0.29, 0.717) is 0 Å². The Morgan fingerprint density at radius 3 is 2.18 bits per heavy atom. The van der Waals surface area contributed by atoms with E-state index >= 15 is 0 Å². The van der Waals surface area contributed by atoms with E-state index in [1.807, 2.05) is 0 Å². The highest BCUT2D eigenvalue weighted by atomic mass is 32.2. The number of halogens is 3. The fourth-order valence-corrected chi connectivity index (χ4v) is 2.04. The Morgan fingerprint density at radius 2 is 1.73 bits per heavy atom. The van der Waals surface area contributed by atoms with E-state index in [-0.39, 0.29) is 0 Å². The molecule has 1 aliphatic rings. The van der Waals surface area contributed by atoms with Gasteiger partial charge in [-0.2, -0.15) is 13.2 Å². The predicted octanol–water partition coefficient (Wildman–Crippen LogP) is 3.39. The molecular weight excluding hydrogens is 173 g/mol. The molecule has 1 saturated carbocycles. The second-order valence-corrected chi connectivity index (χ2v) is 3.80. The molecule has 0 heterocycles. The third-order valence-electron chi connectivity index (χ3n) is 1.60. The first-order valence-corrected chi connectivity index (χ1v) is 4.61. The number of hydrogen-bond acceptors (Lipinski definition) is 1. The lowest BCUT2D eigenvalue weighted by molar-refractivity contribution is -0.105. The first kappa shape index (κ1) is 9.23. The quantitative estimate of drug-likeness (QED) is 0.632. The molecule has 1 aliphatic carbocycles. The summed E-state index contributed by atoms with van der Waals surface area (Å²) in [6, 6.07) is 0. The van der Waals surface area contributed by atoms with Gasteiger partial charge in [0, 0.05) is 5.25 Å². The normalized spacial score (nSPS) is 21.0. The maximum absolute atomic E-state index is 11.7. The van der Waals surface area contributed by atoms with Gasteiger partial charge in [-0.3, -0.25) is 0 Å². The summed E-state index contributed by atoms with van der Waals surface area (Å²) in [6.07, 6.45) is -0.0812. The first-order chi connectivity index (χ1) is 5.08. The van der Waals surface area contributed by atoms with Gasteiger partial charge in [-0.25, -0.2) is 0 Å². The zero-order valence-electron chi connectivity index (χ0n) is 6.08. The Balaban J connectivity index is 2.11. The Bertz CT molecular complexity index is 115.